The van der Waals surface area contributed by atoms with Crippen LogP contribution in [-0.4, -0.2) is 48.5 Å². The van der Waals surface area contributed by atoms with Gasteiger partial charge in [0.2, 0.25) is 5.91 Å². The molecule has 0 aliphatic carbocycles. The van der Waals surface area contributed by atoms with E-state index in [4.69, 9.17) is 4.74 Å². The molecule has 2 amide bonds. The first-order valence-corrected chi connectivity index (χ1v) is 10.5. The lowest BCUT2D eigenvalue weighted by molar-refractivity contribution is -0.115. The molecule has 13 heteroatoms. The molecule has 4 aromatic rings. The molecule has 0 bridgehead atoms. The molecule has 168 valence electrons. The number of hydrogen-bond donors (Lipinski definition) is 3. The van der Waals surface area contributed by atoms with E-state index in [1.54, 1.807) is 25.3 Å². The standard InChI is InChI=1S/C20H15F2N7O3S/c1-9-18(30)26-12-6-14(32-20(21)22)10(5-15(12)33-9)16-13(8-24-28-16)27-19(31)11-7-25-29-4-2-3-23-17(11)29/h2-9,20H,1H3,(H,24,28)(H,26,30)(H,27,31). The minimum absolute atomic E-state index is 0.184. The number of H-pyrrole nitrogens is 1. The van der Waals surface area contributed by atoms with E-state index in [9.17, 15) is 18.4 Å². The van der Waals surface area contributed by atoms with Crippen LogP contribution in [-0.2, 0) is 4.79 Å². The van der Waals surface area contributed by atoms with Crippen molar-refractivity contribution in [2.75, 3.05) is 10.6 Å². The van der Waals surface area contributed by atoms with Crippen LogP contribution >= 0.6 is 11.8 Å². The van der Waals surface area contributed by atoms with Crippen molar-refractivity contribution >= 4 is 40.6 Å². The second-order valence-electron chi connectivity index (χ2n) is 7.03. The molecule has 3 N–H and O–H groups in total. The Balaban J connectivity index is 1.53. The number of anilines is 2. The molecular weight excluding hydrogens is 456 g/mol. The molecule has 10 nitrogen and oxygen atoms in total. The van der Waals surface area contributed by atoms with Gasteiger partial charge < -0.3 is 15.4 Å². The van der Waals surface area contributed by atoms with E-state index in [1.807, 2.05) is 0 Å². The Kier molecular flexibility index (Phi) is 5.17. The lowest BCUT2D eigenvalue weighted by atomic mass is 10.1. The van der Waals surface area contributed by atoms with Crippen molar-refractivity contribution in [2.45, 2.75) is 23.7 Å². The highest BCUT2D eigenvalue weighted by Crippen LogP contribution is 2.44. The lowest BCUT2D eigenvalue weighted by Crippen LogP contribution is -2.26. The second-order valence-corrected chi connectivity index (χ2v) is 8.41. The van der Waals surface area contributed by atoms with Crippen molar-refractivity contribution in [3.63, 3.8) is 0 Å². The Morgan fingerprint density at radius 1 is 1.33 bits per heavy atom. The number of benzene rings is 1. The number of carbonyl (C=O) groups is 2. The molecule has 1 aliphatic heterocycles. The monoisotopic (exact) mass is 471 g/mol. The van der Waals surface area contributed by atoms with E-state index in [0.29, 0.717) is 16.2 Å². The van der Waals surface area contributed by atoms with Crippen LogP contribution in [0.5, 0.6) is 5.75 Å². The quantitative estimate of drug-likeness (QED) is 0.407. The van der Waals surface area contributed by atoms with Gasteiger partial charge in [-0.2, -0.15) is 19.0 Å². The van der Waals surface area contributed by atoms with Gasteiger partial charge in [0, 0.05) is 28.9 Å². The molecule has 5 rings (SSSR count). The zero-order valence-corrected chi connectivity index (χ0v) is 17.7. The number of ether oxygens (including phenoxy) is 1. The fourth-order valence-corrected chi connectivity index (χ4v) is 4.36. The number of aromatic amines is 1. The van der Waals surface area contributed by atoms with Crippen molar-refractivity contribution in [1.82, 2.24) is 24.8 Å². The minimum atomic E-state index is -3.10. The maximum absolute atomic E-state index is 13.1. The summed E-state index contributed by atoms with van der Waals surface area (Å²) < 4.78 is 32.4. The summed E-state index contributed by atoms with van der Waals surface area (Å²) in [4.78, 5) is 29.7. The van der Waals surface area contributed by atoms with Crippen LogP contribution in [0.15, 0.2) is 47.9 Å². The molecule has 0 saturated carbocycles. The summed E-state index contributed by atoms with van der Waals surface area (Å²) in [6.07, 6.45) is 5.92. The van der Waals surface area contributed by atoms with Gasteiger partial charge in [0.15, 0.2) is 5.65 Å². The Hall–Kier alpha value is -4.00. The third kappa shape index (κ3) is 3.86. The number of rotatable bonds is 5. The summed E-state index contributed by atoms with van der Waals surface area (Å²) in [5.41, 5.74) is 1.70. The zero-order valence-electron chi connectivity index (χ0n) is 16.9. The number of nitrogens with one attached hydrogen (secondary N) is 3. The Bertz CT molecular complexity index is 1390. The number of carbonyl (C=O) groups excluding carboxylic acids is 2. The lowest BCUT2D eigenvalue weighted by Gasteiger charge is -2.23. The van der Waals surface area contributed by atoms with Crippen LogP contribution in [0.25, 0.3) is 16.9 Å². The third-order valence-electron chi connectivity index (χ3n) is 4.91. The number of aromatic nitrogens is 5. The van der Waals surface area contributed by atoms with Gasteiger partial charge in [-0.3, -0.25) is 14.7 Å². The van der Waals surface area contributed by atoms with E-state index in [1.165, 1.54) is 40.9 Å². The van der Waals surface area contributed by atoms with Gasteiger partial charge in [-0.1, -0.05) is 0 Å². The van der Waals surface area contributed by atoms with E-state index in [-0.39, 0.29) is 39.4 Å². The highest BCUT2D eigenvalue weighted by atomic mass is 32.2. The van der Waals surface area contributed by atoms with Gasteiger partial charge in [-0.15, -0.1) is 11.8 Å². The van der Waals surface area contributed by atoms with Gasteiger partial charge >= 0.3 is 6.61 Å². The number of fused-ring (bicyclic) bond motifs is 2. The van der Waals surface area contributed by atoms with Crippen LogP contribution in [0.4, 0.5) is 20.2 Å². The maximum atomic E-state index is 13.1. The summed E-state index contributed by atoms with van der Waals surface area (Å²) in [6.45, 7) is -1.36. The number of alkyl halides is 2. The molecular formula is C20H15F2N7O3S. The van der Waals surface area contributed by atoms with Crippen LogP contribution in [0.1, 0.15) is 17.3 Å². The molecule has 1 aromatic carbocycles. The van der Waals surface area contributed by atoms with E-state index < -0.39 is 12.5 Å². The minimum Gasteiger partial charge on any atom is -0.434 e. The number of thioether (sulfide) groups is 1. The molecule has 1 aliphatic rings. The first kappa shape index (κ1) is 20.9. The summed E-state index contributed by atoms with van der Waals surface area (Å²) in [5.74, 6) is -0.924. The van der Waals surface area contributed by atoms with Crippen LogP contribution in [0, 0.1) is 0 Å². The normalized spacial score (nSPS) is 15.4. The summed E-state index contributed by atoms with van der Waals surface area (Å²) in [5, 5.41) is 15.8. The highest BCUT2D eigenvalue weighted by Gasteiger charge is 2.27. The van der Waals surface area contributed by atoms with Crippen molar-refractivity contribution in [3.05, 3.63) is 48.5 Å². The molecule has 33 heavy (non-hydrogen) atoms. The first-order valence-electron chi connectivity index (χ1n) is 9.64. The Morgan fingerprint density at radius 3 is 3.00 bits per heavy atom. The van der Waals surface area contributed by atoms with E-state index in [0.717, 1.165) is 0 Å². The van der Waals surface area contributed by atoms with E-state index in [2.05, 4.69) is 30.9 Å². The predicted octanol–water partition coefficient (Wildman–Crippen LogP) is 3.41. The van der Waals surface area contributed by atoms with Crippen LogP contribution < -0.4 is 15.4 Å². The second kappa shape index (κ2) is 8.16. The summed E-state index contributed by atoms with van der Waals surface area (Å²) in [6, 6.07) is 4.61. The molecule has 3 aromatic heterocycles. The van der Waals surface area contributed by atoms with Crippen LogP contribution in [0.3, 0.4) is 0 Å². The van der Waals surface area contributed by atoms with Gasteiger partial charge in [0.05, 0.1) is 34.7 Å². The maximum Gasteiger partial charge on any atom is 0.387 e. The summed E-state index contributed by atoms with van der Waals surface area (Å²) in [7, 11) is 0. The smallest absolute Gasteiger partial charge is 0.387 e. The average Bonchev–Trinajstić information content (AvgIpc) is 3.41. The average molecular weight is 471 g/mol. The topological polar surface area (TPSA) is 126 Å². The van der Waals surface area contributed by atoms with Crippen molar-refractivity contribution in [1.29, 1.82) is 0 Å². The molecule has 0 saturated heterocycles. The van der Waals surface area contributed by atoms with Gasteiger partial charge in [-0.05, 0) is 19.1 Å². The van der Waals surface area contributed by atoms with E-state index >= 15 is 0 Å². The molecule has 0 spiro atoms. The third-order valence-corrected chi connectivity index (χ3v) is 6.07. The Labute approximate surface area is 188 Å². The molecule has 1 unspecified atom stereocenters. The highest BCUT2D eigenvalue weighted by molar-refractivity contribution is 8.01. The molecule has 4 heterocycles. The first-order chi connectivity index (χ1) is 15.9. The summed E-state index contributed by atoms with van der Waals surface area (Å²) >= 11 is 1.28. The van der Waals surface area contributed by atoms with Crippen molar-refractivity contribution in [3.8, 4) is 17.0 Å². The number of nitrogens with zero attached hydrogens (tertiary/aromatic N) is 4. The van der Waals surface area contributed by atoms with Crippen molar-refractivity contribution < 1.29 is 23.1 Å². The Morgan fingerprint density at radius 2 is 2.18 bits per heavy atom. The number of amides is 2. The zero-order chi connectivity index (χ0) is 23.1. The SMILES string of the molecule is CC1Sc2cc(-c3[nH]ncc3NC(=O)c3cnn4cccnc34)c(OC(F)F)cc2NC1=O. The number of halogens is 2. The van der Waals surface area contributed by atoms with Crippen molar-refractivity contribution in [2.24, 2.45) is 0 Å². The molecule has 1 atom stereocenters. The molecule has 0 fully saturated rings. The number of hydrogen-bond acceptors (Lipinski definition) is 7. The van der Waals surface area contributed by atoms with Gasteiger partial charge in [0.25, 0.3) is 5.91 Å². The van der Waals surface area contributed by atoms with Gasteiger partial charge in [-0.25, -0.2) is 9.50 Å². The fraction of sp³-hybridized carbons (Fsp3) is 0.150. The molecule has 0 radical (unpaired) electrons. The largest absolute Gasteiger partial charge is 0.434 e. The predicted molar refractivity (Wildman–Crippen MR) is 116 cm³/mol. The van der Waals surface area contributed by atoms with Gasteiger partial charge in [0.1, 0.15) is 11.3 Å². The fourth-order valence-electron chi connectivity index (χ4n) is 3.39. The van der Waals surface area contributed by atoms with Crippen LogP contribution in [0.2, 0.25) is 0 Å².